The Morgan fingerprint density at radius 2 is 1.22 bits per heavy atom. The summed E-state index contributed by atoms with van der Waals surface area (Å²) >= 11 is 0. The van der Waals surface area contributed by atoms with Gasteiger partial charge in [0, 0.05) is 26.1 Å². The Kier molecular flexibility index (Phi) is 7.97. The van der Waals surface area contributed by atoms with Crippen LogP contribution in [0, 0.1) is 0 Å². The minimum Gasteiger partial charge on any atom is -0.396 e. The number of alkyl halides is 4. The minimum absolute atomic E-state index is 0.330. The number of aliphatic hydroxyl groups excluding tert-OH is 2. The standard InChI is InChI=1S/C8H15F4O5P/c9-7(10,3-1-5-13)16-18(15)17-8(11,12)4-2-6-14/h13-14,18H,1-6H2. The molecule has 0 atom stereocenters. The smallest absolute Gasteiger partial charge is 0.362 e. The van der Waals surface area contributed by atoms with Gasteiger partial charge in [-0.2, -0.15) is 17.6 Å². The third-order valence-corrected chi connectivity index (χ3v) is 2.65. The average molecular weight is 298 g/mol. The van der Waals surface area contributed by atoms with Crippen molar-refractivity contribution in [2.24, 2.45) is 0 Å². The van der Waals surface area contributed by atoms with Crippen LogP contribution in [0.4, 0.5) is 17.6 Å². The zero-order valence-electron chi connectivity index (χ0n) is 9.37. The lowest BCUT2D eigenvalue weighted by Crippen LogP contribution is -2.22. The molecule has 0 aliphatic rings. The highest BCUT2D eigenvalue weighted by atomic mass is 31.1. The molecular weight excluding hydrogens is 283 g/mol. The molecule has 2 N–H and O–H groups in total. The van der Waals surface area contributed by atoms with E-state index in [0.29, 0.717) is 0 Å². The highest BCUT2D eigenvalue weighted by Gasteiger charge is 2.37. The fourth-order valence-electron chi connectivity index (χ4n) is 0.936. The molecule has 0 aliphatic carbocycles. The summed E-state index contributed by atoms with van der Waals surface area (Å²) < 4.78 is 69.3. The van der Waals surface area contributed by atoms with Gasteiger partial charge in [0.05, 0.1) is 0 Å². The maximum atomic E-state index is 12.8. The number of rotatable bonds is 10. The van der Waals surface area contributed by atoms with E-state index in [1.165, 1.54) is 0 Å². The molecule has 0 rings (SSSR count). The number of hydrogen-bond donors (Lipinski definition) is 2. The van der Waals surface area contributed by atoms with Gasteiger partial charge < -0.3 is 10.2 Å². The van der Waals surface area contributed by atoms with Crippen LogP contribution in [0.5, 0.6) is 0 Å². The second-order valence-corrected chi connectivity index (χ2v) is 4.29. The van der Waals surface area contributed by atoms with Crippen LogP contribution >= 0.6 is 8.25 Å². The lowest BCUT2D eigenvalue weighted by atomic mass is 10.3. The van der Waals surface area contributed by atoms with Crippen molar-refractivity contribution < 1.29 is 41.4 Å². The number of hydrogen-bond acceptors (Lipinski definition) is 5. The van der Waals surface area contributed by atoms with Crippen LogP contribution in [0.15, 0.2) is 0 Å². The predicted molar refractivity (Wildman–Crippen MR) is 53.7 cm³/mol. The average Bonchev–Trinajstić information content (AvgIpc) is 2.22. The Morgan fingerprint density at radius 1 is 0.889 bits per heavy atom. The van der Waals surface area contributed by atoms with Crippen LogP contribution in [-0.4, -0.2) is 35.6 Å². The van der Waals surface area contributed by atoms with Crippen molar-refractivity contribution in [3.8, 4) is 0 Å². The van der Waals surface area contributed by atoms with Crippen molar-refractivity contribution in [1.82, 2.24) is 0 Å². The Bertz CT molecular complexity index is 240. The molecule has 0 aromatic carbocycles. The maximum Gasteiger partial charge on any atom is 0.362 e. The Morgan fingerprint density at radius 3 is 1.50 bits per heavy atom. The molecular formula is C8H15F4O5P. The van der Waals surface area contributed by atoms with Gasteiger partial charge >= 0.3 is 20.5 Å². The summed E-state index contributed by atoms with van der Waals surface area (Å²) in [5, 5.41) is 16.6. The molecule has 0 heterocycles. The SMILES string of the molecule is O=[PH](OC(F)(F)CCCO)OC(F)(F)CCCO. The monoisotopic (exact) mass is 298 g/mol. The first-order valence-corrected chi connectivity index (χ1v) is 6.34. The summed E-state index contributed by atoms with van der Waals surface area (Å²) in [5.74, 6) is 0. The molecule has 0 amide bonds. The molecule has 0 aromatic heterocycles. The number of halogens is 4. The summed E-state index contributed by atoms with van der Waals surface area (Å²) in [5.41, 5.74) is 0. The van der Waals surface area contributed by atoms with Gasteiger partial charge in [0.25, 0.3) is 0 Å². The van der Waals surface area contributed by atoms with Gasteiger partial charge in [0.2, 0.25) is 0 Å². The molecule has 0 saturated carbocycles. The maximum absolute atomic E-state index is 12.8. The van der Waals surface area contributed by atoms with Gasteiger partial charge in [-0.3, -0.25) is 4.57 Å². The topological polar surface area (TPSA) is 76.0 Å². The molecule has 0 aromatic rings. The highest BCUT2D eigenvalue weighted by Crippen LogP contribution is 2.41. The van der Waals surface area contributed by atoms with Gasteiger partial charge in [-0.1, -0.05) is 0 Å². The summed E-state index contributed by atoms with van der Waals surface area (Å²) in [6.07, 6.45) is -10.4. The van der Waals surface area contributed by atoms with Crippen LogP contribution in [0.3, 0.4) is 0 Å². The molecule has 0 saturated heterocycles. The third-order valence-electron chi connectivity index (χ3n) is 1.72. The van der Waals surface area contributed by atoms with Crippen molar-refractivity contribution in [2.45, 2.75) is 37.9 Å². The van der Waals surface area contributed by atoms with Gasteiger partial charge in [0.15, 0.2) is 0 Å². The largest absolute Gasteiger partial charge is 0.396 e. The summed E-state index contributed by atoms with van der Waals surface area (Å²) in [6, 6.07) is 0. The quantitative estimate of drug-likeness (QED) is 0.477. The molecule has 0 unspecified atom stereocenters. The van der Waals surface area contributed by atoms with Gasteiger partial charge in [-0.05, 0) is 12.8 Å². The zero-order valence-corrected chi connectivity index (χ0v) is 10.4. The molecule has 0 radical (unpaired) electrons. The summed E-state index contributed by atoms with van der Waals surface area (Å²) in [4.78, 5) is 0. The van der Waals surface area contributed by atoms with E-state index in [9.17, 15) is 22.1 Å². The molecule has 18 heavy (non-hydrogen) atoms. The lowest BCUT2D eigenvalue weighted by Gasteiger charge is -2.19. The molecule has 0 aliphatic heterocycles. The Balaban J connectivity index is 4.16. The molecule has 0 spiro atoms. The van der Waals surface area contributed by atoms with E-state index < -0.39 is 46.5 Å². The predicted octanol–water partition coefficient (Wildman–Crippen LogP) is 2.14. The van der Waals surface area contributed by atoms with Crippen LogP contribution in [-0.2, 0) is 13.6 Å². The van der Waals surface area contributed by atoms with E-state index >= 15 is 0 Å². The van der Waals surface area contributed by atoms with Gasteiger partial charge in [-0.15, -0.1) is 0 Å². The van der Waals surface area contributed by atoms with Crippen LogP contribution in [0.2, 0.25) is 0 Å². The third kappa shape index (κ3) is 8.82. The van der Waals surface area contributed by atoms with Crippen molar-refractivity contribution in [2.75, 3.05) is 13.2 Å². The molecule has 110 valence electrons. The van der Waals surface area contributed by atoms with Gasteiger partial charge in [-0.25, -0.2) is 9.05 Å². The second-order valence-electron chi connectivity index (χ2n) is 3.38. The summed E-state index contributed by atoms with van der Waals surface area (Å²) in [6.45, 7) is -1.07. The molecule has 0 fully saturated rings. The van der Waals surface area contributed by atoms with Crippen molar-refractivity contribution in [3.63, 3.8) is 0 Å². The van der Waals surface area contributed by atoms with E-state index in [1.807, 2.05) is 0 Å². The highest BCUT2D eigenvalue weighted by molar-refractivity contribution is 7.33. The van der Waals surface area contributed by atoms with Gasteiger partial charge in [0.1, 0.15) is 0 Å². The normalized spacial score (nSPS) is 13.3. The van der Waals surface area contributed by atoms with Crippen molar-refractivity contribution in [1.29, 1.82) is 0 Å². The summed E-state index contributed by atoms with van der Waals surface area (Å²) in [7, 11) is -4.08. The van der Waals surface area contributed by atoms with Crippen molar-refractivity contribution in [3.05, 3.63) is 0 Å². The first-order chi connectivity index (χ1) is 8.22. The first kappa shape index (κ1) is 17.8. The first-order valence-electron chi connectivity index (χ1n) is 5.12. The second kappa shape index (κ2) is 8.06. The van der Waals surface area contributed by atoms with E-state index in [2.05, 4.69) is 9.05 Å². The zero-order chi connectivity index (χ0) is 14.2. The van der Waals surface area contributed by atoms with E-state index in [1.54, 1.807) is 0 Å². The van der Waals surface area contributed by atoms with E-state index in [4.69, 9.17) is 10.2 Å². The minimum atomic E-state index is -4.08. The fraction of sp³-hybridized carbons (Fsp3) is 1.00. The molecule has 0 bridgehead atoms. The number of aliphatic hydroxyl groups is 2. The van der Waals surface area contributed by atoms with E-state index in [-0.39, 0.29) is 12.8 Å². The fourth-order valence-corrected chi connectivity index (χ4v) is 1.67. The van der Waals surface area contributed by atoms with Crippen molar-refractivity contribution >= 4 is 8.25 Å². The van der Waals surface area contributed by atoms with Crippen LogP contribution in [0.25, 0.3) is 0 Å². The lowest BCUT2D eigenvalue weighted by molar-refractivity contribution is -0.215. The molecule has 10 heteroatoms. The van der Waals surface area contributed by atoms with Crippen LogP contribution in [0.1, 0.15) is 25.7 Å². The van der Waals surface area contributed by atoms with E-state index in [0.717, 1.165) is 0 Å². The Hall–Kier alpha value is -0.210. The van der Waals surface area contributed by atoms with Crippen LogP contribution < -0.4 is 0 Å². The Labute approximate surface area is 102 Å². The molecule has 5 nitrogen and oxygen atoms in total.